The molecule has 0 fully saturated rings. The van der Waals surface area contributed by atoms with E-state index in [4.69, 9.17) is 10.5 Å². The molecule has 2 aromatic rings. The number of ketones is 1. The Balaban J connectivity index is 1.95. The number of Topliss-reactive ketones (excluding diaryl/α,β-unsaturated/α-hetero) is 1. The summed E-state index contributed by atoms with van der Waals surface area (Å²) in [5.74, 6) is -1.03. The number of rotatable bonds is 6. The summed E-state index contributed by atoms with van der Waals surface area (Å²) in [6.07, 6.45) is 2.44. The van der Waals surface area contributed by atoms with Crippen molar-refractivity contribution in [2.75, 3.05) is 11.6 Å². The second-order valence-electron chi connectivity index (χ2n) is 5.88. The van der Waals surface area contributed by atoms with Crippen LogP contribution in [0.15, 0.2) is 71.7 Å². The minimum Gasteiger partial charge on any atom is -0.478 e. The van der Waals surface area contributed by atoms with Crippen LogP contribution in [0.1, 0.15) is 23.7 Å². The fourth-order valence-electron chi connectivity index (χ4n) is 2.63. The predicted molar refractivity (Wildman–Crippen MR) is 99.1 cm³/mol. The quantitative estimate of drug-likeness (QED) is 0.805. The van der Waals surface area contributed by atoms with Crippen molar-refractivity contribution >= 4 is 17.3 Å². The van der Waals surface area contributed by atoms with Crippen LogP contribution in [-0.4, -0.2) is 18.2 Å². The summed E-state index contributed by atoms with van der Waals surface area (Å²) in [6.45, 7) is 2.47. The van der Waals surface area contributed by atoms with Gasteiger partial charge in [-0.05, 0) is 36.8 Å². The van der Waals surface area contributed by atoms with Crippen LogP contribution in [0.2, 0.25) is 0 Å². The first-order valence-electron chi connectivity index (χ1n) is 8.43. The number of benzene rings is 2. The molecule has 0 bridgehead atoms. The van der Waals surface area contributed by atoms with Gasteiger partial charge in [0.05, 0.1) is 12.3 Å². The Bertz CT molecular complexity index is 849. The molecule has 1 heterocycles. The fourth-order valence-corrected chi connectivity index (χ4v) is 2.63. The first-order valence-corrected chi connectivity index (χ1v) is 8.43. The topological polar surface area (TPSA) is 67.9 Å². The van der Waals surface area contributed by atoms with Gasteiger partial charge in [-0.15, -0.1) is 0 Å². The lowest BCUT2D eigenvalue weighted by Crippen LogP contribution is -2.37. The summed E-state index contributed by atoms with van der Waals surface area (Å²) in [4.78, 5) is 12.8. The Morgan fingerprint density at radius 3 is 2.69 bits per heavy atom. The number of ether oxygens (including phenoxy) is 1. The molecule has 1 aliphatic rings. The summed E-state index contributed by atoms with van der Waals surface area (Å²) >= 11 is 0. The largest absolute Gasteiger partial charge is 0.478 e. The number of nitrogens with zero attached hydrogens (tertiary/aromatic N) is 2. The fraction of sp³-hybridized carbons (Fsp3) is 0.200. The minimum absolute atomic E-state index is 0.131. The number of hydrogen-bond donors (Lipinski definition) is 1. The Hall–Kier alpha value is -3.15. The number of nitrogens with two attached hydrogens (primary N) is 1. The monoisotopic (exact) mass is 353 g/mol. The van der Waals surface area contributed by atoms with Crippen LogP contribution in [0.3, 0.4) is 0 Å². The Morgan fingerprint density at radius 1 is 1.23 bits per heavy atom. The van der Waals surface area contributed by atoms with Gasteiger partial charge in [-0.2, -0.15) is 10.1 Å². The van der Waals surface area contributed by atoms with Crippen LogP contribution >= 0.6 is 0 Å². The van der Waals surface area contributed by atoms with E-state index in [-0.39, 0.29) is 17.2 Å². The van der Waals surface area contributed by atoms with E-state index in [0.717, 1.165) is 12.1 Å². The van der Waals surface area contributed by atoms with Gasteiger partial charge >= 0.3 is 0 Å². The van der Waals surface area contributed by atoms with E-state index in [0.29, 0.717) is 12.5 Å². The van der Waals surface area contributed by atoms with Gasteiger partial charge in [0.2, 0.25) is 5.88 Å². The summed E-state index contributed by atoms with van der Waals surface area (Å²) in [5.41, 5.74) is 7.08. The maximum Gasteiger partial charge on any atom is 0.212 e. The maximum absolute atomic E-state index is 13.5. The molecule has 0 saturated carbocycles. The standard InChI is InChI=1S/C20H20FN3O2/c1-2-11-26-18-13-17(19(25)14-7-6-8-15(21)12-14)20(22)23-24(18)16-9-4-3-5-10-16/h3-10,12-13,17H,2,11H2,1H3,(H2,22,23). The van der Waals surface area contributed by atoms with Crippen molar-refractivity contribution in [3.8, 4) is 0 Å². The van der Waals surface area contributed by atoms with Gasteiger partial charge in [0, 0.05) is 5.56 Å². The van der Waals surface area contributed by atoms with Crippen LogP contribution in [0.25, 0.3) is 0 Å². The van der Waals surface area contributed by atoms with E-state index < -0.39 is 11.7 Å². The van der Waals surface area contributed by atoms with Gasteiger partial charge in [-0.3, -0.25) is 4.79 Å². The molecule has 0 saturated heterocycles. The highest BCUT2D eigenvalue weighted by molar-refractivity contribution is 6.13. The SMILES string of the molecule is CCCOC1=CC(C(=O)c2cccc(F)c2)C(N)=NN1c1ccccc1. The molecule has 1 unspecified atom stereocenters. The third-order valence-electron chi connectivity index (χ3n) is 3.90. The Morgan fingerprint density at radius 2 is 2.00 bits per heavy atom. The zero-order valence-corrected chi connectivity index (χ0v) is 14.4. The van der Waals surface area contributed by atoms with E-state index in [2.05, 4.69) is 5.10 Å². The molecule has 26 heavy (non-hydrogen) atoms. The number of para-hydroxylation sites is 1. The molecule has 1 atom stereocenters. The molecule has 1 aliphatic heterocycles. The molecule has 6 heteroatoms. The molecule has 2 N–H and O–H groups in total. The molecular weight excluding hydrogens is 333 g/mol. The molecule has 0 aromatic heterocycles. The highest BCUT2D eigenvalue weighted by Crippen LogP contribution is 2.27. The lowest BCUT2D eigenvalue weighted by Gasteiger charge is -2.28. The molecular formula is C20H20FN3O2. The van der Waals surface area contributed by atoms with E-state index in [1.165, 1.54) is 18.2 Å². The average Bonchev–Trinajstić information content (AvgIpc) is 2.67. The van der Waals surface area contributed by atoms with Crippen molar-refractivity contribution in [1.82, 2.24) is 0 Å². The number of halogens is 1. The van der Waals surface area contributed by atoms with Crippen molar-refractivity contribution in [2.45, 2.75) is 13.3 Å². The first kappa shape index (κ1) is 17.7. The summed E-state index contributed by atoms with van der Waals surface area (Å²) in [6, 6.07) is 14.9. The average molecular weight is 353 g/mol. The second-order valence-corrected chi connectivity index (χ2v) is 5.88. The molecule has 5 nitrogen and oxygen atoms in total. The number of carbonyl (C=O) groups excluding carboxylic acids is 1. The summed E-state index contributed by atoms with van der Waals surface area (Å²) in [7, 11) is 0. The predicted octanol–water partition coefficient (Wildman–Crippen LogP) is 3.69. The van der Waals surface area contributed by atoms with Crippen molar-refractivity contribution in [2.24, 2.45) is 16.8 Å². The number of carbonyl (C=O) groups is 1. The summed E-state index contributed by atoms with van der Waals surface area (Å²) < 4.78 is 19.2. The minimum atomic E-state index is -0.802. The zero-order valence-electron chi connectivity index (χ0n) is 14.4. The van der Waals surface area contributed by atoms with Crippen LogP contribution in [0.5, 0.6) is 0 Å². The molecule has 2 aromatic carbocycles. The van der Waals surface area contributed by atoms with Crippen LogP contribution < -0.4 is 10.7 Å². The van der Waals surface area contributed by atoms with E-state index in [1.54, 1.807) is 17.2 Å². The highest BCUT2D eigenvalue weighted by Gasteiger charge is 2.30. The van der Waals surface area contributed by atoms with Crippen LogP contribution in [0.4, 0.5) is 10.1 Å². The molecule has 3 rings (SSSR count). The molecule has 0 radical (unpaired) electrons. The van der Waals surface area contributed by atoms with Gasteiger partial charge in [-0.25, -0.2) is 4.39 Å². The highest BCUT2D eigenvalue weighted by atomic mass is 19.1. The lowest BCUT2D eigenvalue weighted by atomic mass is 9.95. The van der Waals surface area contributed by atoms with Gasteiger partial charge in [0.25, 0.3) is 0 Å². The van der Waals surface area contributed by atoms with Crippen molar-refractivity contribution in [1.29, 1.82) is 0 Å². The van der Waals surface area contributed by atoms with E-state index >= 15 is 0 Å². The number of hydrazone groups is 1. The smallest absolute Gasteiger partial charge is 0.212 e. The van der Waals surface area contributed by atoms with Crippen molar-refractivity contribution in [3.05, 3.63) is 77.9 Å². The zero-order chi connectivity index (χ0) is 18.5. The van der Waals surface area contributed by atoms with Gasteiger partial charge in [-0.1, -0.05) is 37.3 Å². The molecule has 0 aliphatic carbocycles. The summed E-state index contributed by atoms with van der Waals surface area (Å²) in [5, 5.41) is 5.93. The van der Waals surface area contributed by atoms with E-state index in [9.17, 15) is 9.18 Å². The van der Waals surface area contributed by atoms with Gasteiger partial charge in [0.15, 0.2) is 5.78 Å². The van der Waals surface area contributed by atoms with Gasteiger partial charge in [0.1, 0.15) is 17.6 Å². The Labute approximate surface area is 151 Å². The molecule has 0 amide bonds. The lowest BCUT2D eigenvalue weighted by molar-refractivity contribution is 0.0966. The third-order valence-corrected chi connectivity index (χ3v) is 3.90. The van der Waals surface area contributed by atoms with E-state index in [1.807, 2.05) is 37.3 Å². The molecule has 0 spiro atoms. The van der Waals surface area contributed by atoms with Gasteiger partial charge < -0.3 is 10.5 Å². The first-order chi connectivity index (χ1) is 12.6. The van der Waals surface area contributed by atoms with Crippen molar-refractivity contribution < 1.29 is 13.9 Å². The van der Waals surface area contributed by atoms with Crippen LogP contribution in [0, 0.1) is 11.7 Å². The van der Waals surface area contributed by atoms with Crippen LogP contribution in [-0.2, 0) is 4.74 Å². The number of anilines is 1. The van der Waals surface area contributed by atoms with Crippen molar-refractivity contribution in [3.63, 3.8) is 0 Å². The third kappa shape index (κ3) is 3.74. The Kier molecular flexibility index (Phi) is 5.31. The molecule has 134 valence electrons. The maximum atomic E-state index is 13.5. The number of amidine groups is 1. The second kappa shape index (κ2) is 7.82. The number of hydrogen-bond acceptors (Lipinski definition) is 5. The normalized spacial score (nSPS) is 16.7.